The van der Waals surface area contributed by atoms with Gasteiger partial charge in [0.15, 0.2) is 0 Å². The summed E-state index contributed by atoms with van der Waals surface area (Å²) in [6.45, 7) is 6.30. The summed E-state index contributed by atoms with van der Waals surface area (Å²) in [5, 5.41) is -0.366. The standard InChI is InChI=1S/C13H21BrO4S/c1-13(2,3)12(14)17-10-7-4-5-8-9(6-7)19(15,16)18-11(8)10/h7-12H,4-6H2,1-3H3. The summed E-state index contributed by atoms with van der Waals surface area (Å²) >= 11 is 3.58. The monoisotopic (exact) mass is 352 g/mol. The maximum atomic E-state index is 12.0. The zero-order valence-electron chi connectivity index (χ0n) is 11.5. The molecule has 6 unspecified atom stereocenters. The van der Waals surface area contributed by atoms with Crippen LogP contribution in [0.25, 0.3) is 0 Å². The van der Waals surface area contributed by atoms with Crippen molar-refractivity contribution in [1.82, 2.24) is 0 Å². The van der Waals surface area contributed by atoms with Crippen LogP contribution in [0.1, 0.15) is 40.0 Å². The number of alkyl halides is 1. The molecule has 0 aromatic rings. The van der Waals surface area contributed by atoms with E-state index in [0.717, 1.165) is 12.8 Å². The fourth-order valence-corrected chi connectivity index (χ4v) is 5.74. The van der Waals surface area contributed by atoms with Crippen molar-refractivity contribution in [2.45, 2.75) is 62.5 Å². The Hall–Kier alpha value is 0.350. The summed E-state index contributed by atoms with van der Waals surface area (Å²) in [4.78, 5) is 0. The van der Waals surface area contributed by atoms with Gasteiger partial charge < -0.3 is 4.74 Å². The van der Waals surface area contributed by atoms with Gasteiger partial charge in [0.1, 0.15) is 11.1 Å². The number of ether oxygens (including phenoxy) is 1. The van der Waals surface area contributed by atoms with Crippen molar-refractivity contribution in [3.63, 3.8) is 0 Å². The van der Waals surface area contributed by atoms with Gasteiger partial charge >= 0.3 is 0 Å². The quantitative estimate of drug-likeness (QED) is 0.566. The van der Waals surface area contributed by atoms with Gasteiger partial charge in [-0.3, -0.25) is 4.18 Å². The van der Waals surface area contributed by atoms with Gasteiger partial charge in [-0.1, -0.05) is 36.7 Å². The molecule has 0 spiro atoms. The molecule has 0 N–H and O–H groups in total. The number of hydrogen-bond acceptors (Lipinski definition) is 4. The van der Waals surface area contributed by atoms with Crippen molar-refractivity contribution >= 4 is 26.0 Å². The highest BCUT2D eigenvalue weighted by molar-refractivity contribution is 9.09. The molecular formula is C13H21BrO4S. The Bertz CT molecular complexity index is 470. The lowest BCUT2D eigenvalue weighted by molar-refractivity contribution is -0.132. The predicted molar refractivity (Wildman–Crippen MR) is 75.5 cm³/mol. The largest absolute Gasteiger partial charge is 0.360 e. The molecule has 19 heavy (non-hydrogen) atoms. The van der Waals surface area contributed by atoms with Crippen molar-refractivity contribution in [2.24, 2.45) is 17.3 Å². The molecule has 0 aromatic carbocycles. The van der Waals surface area contributed by atoms with Gasteiger partial charge in [-0.15, -0.1) is 0 Å². The highest BCUT2D eigenvalue weighted by Gasteiger charge is 2.61. The van der Waals surface area contributed by atoms with Crippen LogP contribution < -0.4 is 0 Å². The van der Waals surface area contributed by atoms with Crippen LogP contribution in [-0.4, -0.2) is 30.9 Å². The molecule has 3 aliphatic carbocycles. The Morgan fingerprint density at radius 3 is 2.63 bits per heavy atom. The Balaban J connectivity index is 1.82. The van der Waals surface area contributed by atoms with Crippen LogP contribution in [-0.2, 0) is 19.0 Å². The lowest BCUT2D eigenvalue weighted by Crippen LogP contribution is -2.52. The zero-order chi connectivity index (χ0) is 14.0. The van der Waals surface area contributed by atoms with E-state index in [0.29, 0.717) is 12.3 Å². The van der Waals surface area contributed by atoms with Gasteiger partial charge in [0.05, 0.1) is 11.4 Å². The fraction of sp³-hybridized carbons (Fsp3) is 1.00. The SMILES string of the molecule is CC(C)(C)C(Br)OC1C2CCC3C1OS(=O)(=O)C3C2. The molecule has 110 valence electrons. The number of hydrogen-bond donors (Lipinski definition) is 0. The summed E-state index contributed by atoms with van der Waals surface area (Å²) in [7, 11) is -3.35. The van der Waals surface area contributed by atoms with Gasteiger partial charge in [0.25, 0.3) is 10.1 Å². The van der Waals surface area contributed by atoms with Crippen LogP contribution in [0.5, 0.6) is 0 Å². The maximum absolute atomic E-state index is 12.0. The molecule has 4 bridgehead atoms. The van der Waals surface area contributed by atoms with Crippen molar-refractivity contribution < 1.29 is 17.3 Å². The first-order valence-electron chi connectivity index (χ1n) is 6.92. The third kappa shape index (κ3) is 2.28. The second kappa shape index (κ2) is 4.42. The Labute approximate surface area is 123 Å². The van der Waals surface area contributed by atoms with E-state index in [-0.39, 0.29) is 33.8 Å². The molecule has 6 heteroatoms. The lowest BCUT2D eigenvalue weighted by Gasteiger charge is -2.46. The van der Waals surface area contributed by atoms with Crippen molar-refractivity contribution in [1.29, 1.82) is 0 Å². The van der Waals surface area contributed by atoms with Gasteiger partial charge in [0, 0.05) is 5.92 Å². The van der Waals surface area contributed by atoms with Gasteiger partial charge in [-0.25, -0.2) is 0 Å². The van der Waals surface area contributed by atoms with Gasteiger partial charge in [-0.05, 0) is 30.6 Å². The summed E-state index contributed by atoms with van der Waals surface area (Å²) in [6.07, 6.45) is 2.38. The Kier molecular flexibility index (Phi) is 3.33. The van der Waals surface area contributed by atoms with E-state index in [9.17, 15) is 8.42 Å². The minimum Gasteiger partial charge on any atom is -0.360 e. The van der Waals surface area contributed by atoms with Crippen molar-refractivity contribution in [3.8, 4) is 0 Å². The van der Waals surface area contributed by atoms with Crippen molar-refractivity contribution in [3.05, 3.63) is 0 Å². The Morgan fingerprint density at radius 1 is 1.32 bits per heavy atom. The van der Waals surface area contributed by atoms with Gasteiger partial charge in [-0.2, -0.15) is 8.42 Å². The average Bonchev–Trinajstić information content (AvgIpc) is 2.51. The molecule has 3 saturated carbocycles. The van der Waals surface area contributed by atoms with Gasteiger partial charge in [0.2, 0.25) is 0 Å². The molecule has 0 amide bonds. The average molecular weight is 353 g/mol. The highest BCUT2D eigenvalue weighted by Crippen LogP contribution is 2.53. The molecule has 0 aromatic heterocycles. The summed E-state index contributed by atoms with van der Waals surface area (Å²) in [5.74, 6) is 0.458. The summed E-state index contributed by atoms with van der Waals surface area (Å²) in [6, 6.07) is 0. The highest BCUT2D eigenvalue weighted by atomic mass is 79.9. The third-order valence-electron chi connectivity index (χ3n) is 4.67. The molecule has 1 heterocycles. The van der Waals surface area contributed by atoms with E-state index in [1.807, 2.05) is 0 Å². The van der Waals surface area contributed by atoms with E-state index in [4.69, 9.17) is 8.92 Å². The van der Waals surface area contributed by atoms with E-state index >= 15 is 0 Å². The molecular weight excluding hydrogens is 332 g/mol. The Morgan fingerprint density at radius 2 is 2.00 bits per heavy atom. The molecule has 0 radical (unpaired) electrons. The van der Waals surface area contributed by atoms with Crippen LogP contribution in [0, 0.1) is 17.3 Å². The summed E-state index contributed by atoms with van der Waals surface area (Å²) in [5.41, 5.74) is -0.0203. The minimum atomic E-state index is -3.35. The third-order valence-corrected chi connectivity index (χ3v) is 8.03. The molecule has 4 aliphatic rings. The molecule has 6 atom stereocenters. The molecule has 1 aliphatic heterocycles. The molecule has 1 saturated heterocycles. The normalized spacial score (nSPS) is 45.4. The predicted octanol–water partition coefficient (Wildman–Crippen LogP) is 2.67. The molecule has 4 fully saturated rings. The first-order chi connectivity index (χ1) is 8.70. The first-order valence-corrected chi connectivity index (χ1v) is 9.30. The summed E-state index contributed by atoms with van der Waals surface area (Å²) < 4.78 is 35.4. The first kappa shape index (κ1) is 14.3. The van der Waals surface area contributed by atoms with Crippen LogP contribution in [0.4, 0.5) is 0 Å². The van der Waals surface area contributed by atoms with Crippen LogP contribution in [0.3, 0.4) is 0 Å². The zero-order valence-corrected chi connectivity index (χ0v) is 13.9. The number of rotatable bonds is 2. The molecule has 4 rings (SSSR count). The van der Waals surface area contributed by atoms with E-state index in [2.05, 4.69) is 36.7 Å². The topological polar surface area (TPSA) is 52.6 Å². The minimum absolute atomic E-state index is 0.0203. The van der Waals surface area contributed by atoms with E-state index in [1.165, 1.54) is 0 Å². The smallest absolute Gasteiger partial charge is 0.270 e. The van der Waals surface area contributed by atoms with Crippen molar-refractivity contribution in [2.75, 3.05) is 0 Å². The van der Waals surface area contributed by atoms with E-state index < -0.39 is 10.1 Å². The fourth-order valence-electron chi connectivity index (χ4n) is 3.58. The second-order valence-electron chi connectivity index (χ2n) is 7.11. The molecule has 4 nitrogen and oxygen atoms in total. The van der Waals surface area contributed by atoms with Crippen LogP contribution >= 0.6 is 15.9 Å². The number of fused-ring (bicyclic) bond motifs is 1. The number of halogens is 1. The lowest BCUT2D eigenvalue weighted by atomic mass is 9.67. The van der Waals surface area contributed by atoms with Crippen LogP contribution in [0.15, 0.2) is 0 Å². The second-order valence-corrected chi connectivity index (χ2v) is 9.73. The maximum Gasteiger partial charge on any atom is 0.270 e. The van der Waals surface area contributed by atoms with Crippen LogP contribution in [0.2, 0.25) is 0 Å². The van der Waals surface area contributed by atoms with E-state index in [1.54, 1.807) is 0 Å².